The Hall–Kier alpha value is -3.74. The van der Waals surface area contributed by atoms with Crippen molar-refractivity contribution in [1.29, 1.82) is 0 Å². The molecule has 0 fully saturated rings. The van der Waals surface area contributed by atoms with E-state index in [1.165, 1.54) is 12.0 Å². The zero-order valence-corrected chi connectivity index (χ0v) is 17.7. The molecule has 0 radical (unpaired) electrons. The Bertz CT molecular complexity index is 1320. The van der Waals surface area contributed by atoms with E-state index in [0.29, 0.717) is 0 Å². The lowest BCUT2D eigenvalue weighted by molar-refractivity contribution is 0.627. The maximum Gasteiger partial charge on any atom is 0.143 e. The topological polar surface area (TPSA) is 74.6 Å². The summed E-state index contributed by atoms with van der Waals surface area (Å²) < 4.78 is 10.2. The third-order valence-corrected chi connectivity index (χ3v) is 5.54. The maximum absolute atomic E-state index is 6.29. The second-order valence-corrected chi connectivity index (χ2v) is 7.79. The molecule has 0 N–H and O–H groups in total. The maximum atomic E-state index is 6.29. The van der Waals surface area contributed by atoms with E-state index in [1.54, 1.807) is 11.0 Å². The highest BCUT2D eigenvalue weighted by atomic mass is 16.3. The van der Waals surface area contributed by atoms with Crippen LogP contribution in [0.1, 0.15) is 36.7 Å². The van der Waals surface area contributed by atoms with Crippen LogP contribution in [0.3, 0.4) is 0 Å². The number of imidazole rings is 1. The number of fused-ring (bicyclic) bond motifs is 1. The molecule has 0 aliphatic rings. The minimum absolute atomic E-state index is 0.799. The summed E-state index contributed by atoms with van der Waals surface area (Å²) in [6.07, 6.45) is 8.87. The van der Waals surface area contributed by atoms with E-state index in [2.05, 4.69) is 63.3 Å². The van der Waals surface area contributed by atoms with E-state index < -0.39 is 0 Å². The van der Waals surface area contributed by atoms with Crippen molar-refractivity contribution in [3.63, 3.8) is 0 Å². The lowest BCUT2D eigenvalue weighted by Crippen LogP contribution is -2.04. The zero-order valence-electron chi connectivity index (χ0n) is 17.7. The second-order valence-electron chi connectivity index (χ2n) is 7.79. The van der Waals surface area contributed by atoms with Gasteiger partial charge in [-0.05, 0) is 59.2 Å². The van der Waals surface area contributed by atoms with Crippen LogP contribution in [-0.4, -0.2) is 29.8 Å². The van der Waals surface area contributed by atoms with Gasteiger partial charge in [-0.25, -0.2) is 4.98 Å². The fraction of sp³-hybridized carbons (Fsp3) is 0.250. The van der Waals surface area contributed by atoms with Crippen molar-refractivity contribution in [2.75, 3.05) is 0 Å². The summed E-state index contributed by atoms with van der Waals surface area (Å²) in [7, 11) is 0. The van der Waals surface area contributed by atoms with Crippen molar-refractivity contribution in [3.05, 3.63) is 78.1 Å². The van der Waals surface area contributed by atoms with Gasteiger partial charge >= 0.3 is 0 Å². The zero-order chi connectivity index (χ0) is 21.2. The molecular formula is C24H24N6O. The van der Waals surface area contributed by atoms with Gasteiger partial charge in [-0.1, -0.05) is 31.5 Å². The molecule has 0 saturated heterocycles. The minimum Gasteiger partial charge on any atom is -0.456 e. The molecule has 3 aromatic heterocycles. The van der Waals surface area contributed by atoms with E-state index in [-0.39, 0.29) is 0 Å². The highest BCUT2D eigenvalue weighted by Crippen LogP contribution is 2.33. The standard InChI is InChI=1S/C24H24N6O/c1-3-4-9-23-25-10-11-29(23)15-18-12-17(2)24-19(13-18)14-22(31-24)20-7-5-6-8-21(20)30-16-26-27-28-30/h5-8,10-14,16H,3-4,9,15H2,1-2H3. The number of para-hydroxylation sites is 1. The number of aromatic nitrogens is 6. The molecule has 0 unspecified atom stereocenters. The first-order chi connectivity index (χ1) is 15.2. The van der Waals surface area contributed by atoms with Crippen molar-refractivity contribution in [3.8, 4) is 17.0 Å². The molecule has 31 heavy (non-hydrogen) atoms. The van der Waals surface area contributed by atoms with E-state index in [4.69, 9.17) is 4.42 Å². The second kappa shape index (κ2) is 8.18. The largest absolute Gasteiger partial charge is 0.456 e. The first-order valence-electron chi connectivity index (χ1n) is 10.6. The molecule has 7 heteroatoms. The summed E-state index contributed by atoms with van der Waals surface area (Å²) in [5.41, 5.74) is 5.09. The van der Waals surface area contributed by atoms with Crippen LogP contribution in [0.4, 0.5) is 0 Å². The Balaban J connectivity index is 1.51. The van der Waals surface area contributed by atoms with Crippen LogP contribution in [0.2, 0.25) is 0 Å². The molecule has 5 rings (SSSR count). The molecule has 3 heterocycles. The van der Waals surface area contributed by atoms with Gasteiger partial charge in [0.05, 0.1) is 5.69 Å². The average Bonchev–Trinajstić information content (AvgIpc) is 3.53. The molecule has 156 valence electrons. The fourth-order valence-electron chi connectivity index (χ4n) is 4.03. The summed E-state index contributed by atoms with van der Waals surface area (Å²) in [5, 5.41) is 12.6. The van der Waals surface area contributed by atoms with Gasteiger partial charge in [0.25, 0.3) is 0 Å². The Morgan fingerprint density at radius 3 is 2.84 bits per heavy atom. The minimum atomic E-state index is 0.799. The summed E-state index contributed by atoms with van der Waals surface area (Å²) in [5.74, 6) is 1.94. The van der Waals surface area contributed by atoms with Crippen LogP contribution in [0.25, 0.3) is 28.0 Å². The van der Waals surface area contributed by atoms with Crippen LogP contribution in [0.5, 0.6) is 0 Å². The lowest BCUT2D eigenvalue weighted by atomic mass is 10.1. The van der Waals surface area contributed by atoms with Crippen molar-refractivity contribution in [2.24, 2.45) is 0 Å². The van der Waals surface area contributed by atoms with Crippen LogP contribution in [0, 0.1) is 6.92 Å². The van der Waals surface area contributed by atoms with E-state index in [9.17, 15) is 0 Å². The number of hydrogen-bond donors (Lipinski definition) is 0. The van der Waals surface area contributed by atoms with Gasteiger partial charge in [0.2, 0.25) is 0 Å². The van der Waals surface area contributed by atoms with Crippen LogP contribution < -0.4 is 0 Å². The SMILES string of the molecule is CCCCc1nccn1Cc1cc(C)c2oc(-c3ccccc3-n3cnnn3)cc2c1. The molecular weight excluding hydrogens is 388 g/mol. The number of tetrazole rings is 1. The summed E-state index contributed by atoms with van der Waals surface area (Å²) in [4.78, 5) is 4.54. The van der Waals surface area contributed by atoms with Gasteiger partial charge in [0, 0.05) is 36.3 Å². The van der Waals surface area contributed by atoms with Crippen LogP contribution in [-0.2, 0) is 13.0 Å². The molecule has 7 nitrogen and oxygen atoms in total. The first-order valence-corrected chi connectivity index (χ1v) is 10.6. The number of furan rings is 1. The monoisotopic (exact) mass is 412 g/mol. The number of benzene rings is 2. The lowest BCUT2D eigenvalue weighted by Gasteiger charge is -2.09. The number of unbranched alkanes of at least 4 members (excludes halogenated alkanes) is 1. The number of nitrogens with zero attached hydrogens (tertiary/aromatic N) is 6. The smallest absolute Gasteiger partial charge is 0.143 e. The van der Waals surface area contributed by atoms with Gasteiger partial charge in [-0.15, -0.1) is 5.10 Å². The van der Waals surface area contributed by atoms with Crippen molar-refractivity contribution < 1.29 is 4.42 Å². The van der Waals surface area contributed by atoms with Gasteiger partial charge < -0.3 is 8.98 Å². The summed E-state index contributed by atoms with van der Waals surface area (Å²) in [6.45, 7) is 5.11. The van der Waals surface area contributed by atoms with Crippen molar-refractivity contribution >= 4 is 11.0 Å². The third kappa shape index (κ3) is 3.74. The first kappa shape index (κ1) is 19.2. The Labute approximate surface area is 180 Å². The van der Waals surface area contributed by atoms with Crippen LogP contribution >= 0.6 is 0 Å². The molecule has 0 aliphatic heterocycles. The average molecular weight is 412 g/mol. The highest BCUT2D eigenvalue weighted by molar-refractivity contribution is 5.87. The molecule has 0 aliphatic carbocycles. The number of aryl methyl sites for hydroxylation is 2. The quantitative estimate of drug-likeness (QED) is 0.377. The highest BCUT2D eigenvalue weighted by Gasteiger charge is 2.15. The van der Waals surface area contributed by atoms with Crippen LogP contribution in [0.15, 0.2) is 65.6 Å². The predicted molar refractivity (Wildman–Crippen MR) is 119 cm³/mol. The van der Waals surface area contributed by atoms with Crippen molar-refractivity contribution in [2.45, 2.75) is 39.7 Å². The Morgan fingerprint density at radius 2 is 2.00 bits per heavy atom. The van der Waals surface area contributed by atoms with E-state index >= 15 is 0 Å². The third-order valence-electron chi connectivity index (χ3n) is 5.54. The van der Waals surface area contributed by atoms with Gasteiger partial charge in [-0.3, -0.25) is 0 Å². The Morgan fingerprint density at radius 1 is 1.10 bits per heavy atom. The predicted octanol–water partition coefficient (Wildman–Crippen LogP) is 4.97. The molecule has 0 bridgehead atoms. The van der Waals surface area contributed by atoms with Crippen molar-refractivity contribution in [1.82, 2.24) is 29.8 Å². The van der Waals surface area contributed by atoms with Gasteiger partial charge in [0.1, 0.15) is 23.5 Å². The molecule has 0 saturated carbocycles. The molecule has 2 aromatic carbocycles. The van der Waals surface area contributed by atoms with E-state index in [1.807, 2.05) is 30.5 Å². The summed E-state index contributed by atoms with van der Waals surface area (Å²) >= 11 is 0. The molecule has 0 spiro atoms. The summed E-state index contributed by atoms with van der Waals surface area (Å²) in [6, 6.07) is 14.5. The number of hydrogen-bond acceptors (Lipinski definition) is 5. The van der Waals surface area contributed by atoms with Gasteiger partial charge in [0.15, 0.2) is 0 Å². The Kier molecular flexibility index (Phi) is 5.08. The fourth-order valence-corrected chi connectivity index (χ4v) is 4.03. The molecule has 5 aromatic rings. The van der Waals surface area contributed by atoms with E-state index in [0.717, 1.165) is 58.8 Å². The number of rotatable bonds is 7. The normalized spacial score (nSPS) is 11.4. The molecule has 0 amide bonds. The molecule has 0 atom stereocenters. The van der Waals surface area contributed by atoms with Gasteiger partial charge in [-0.2, -0.15) is 4.68 Å².